The van der Waals surface area contributed by atoms with Crippen LogP contribution in [0, 0.1) is 0 Å². The van der Waals surface area contributed by atoms with Crippen molar-refractivity contribution in [3.63, 3.8) is 0 Å². The van der Waals surface area contributed by atoms with Crippen LogP contribution in [0.15, 0.2) is 52.0 Å². The van der Waals surface area contributed by atoms with Crippen LogP contribution in [0.5, 0.6) is 0 Å². The lowest BCUT2D eigenvalue weighted by molar-refractivity contribution is 0.566. The molecule has 1 aliphatic heterocycles. The van der Waals surface area contributed by atoms with E-state index in [0.717, 1.165) is 22.1 Å². The minimum atomic E-state index is 0.833. The van der Waals surface area contributed by atoms with Gasteiger partial charge in [-0.15, -0.1) is 11.3 Å². The molecular formula is C12H13N3S. The Bertz CT molecular complexity index is 480. The fourth-order valence-electron chi connectivity index (χ4n) is 1.44. The predicted molar refractivity (Wildman–Crippen MR) is 70.0 cm³/mol. The molecule has 1 aliphatic rings. The summed E-state index contributed by atoms with van der Waals surface area (Å²) in [6.07, 6.45) is 3.89. The fourth-order valence-corrected chi connectivity index (χ4v) is 2.19. The van der Waals surface area contributed by atoms with Crippen molar-refractivity contribution in [2.24, 2.45) is 10.1 Å². The maximum Gasteiger partial charge on any atom is 0.166 e. The first-order valence-corrected chi connectivity index (χ1v) is 5.83. The second-order valence-corrected chi connectivity index (χ2v) is 4.35. The van der Waals surface area contributed by atoms with Gasteiger partial charge in [-0.3, -0.25) is 4.99 Å². The third kappa shape index (κ3) is 1.97. The zero-order valence-electron chi connectivity index (χ0n) is 9.34. The normalized spacial score (nSPS) is 16.6. The molecule has 0 amide bonds. The average molecular weight is 231 g/mol. The van der Waals surface area contributed by atoms with Crippen molar-refractivity contribution in [1.29, 1.82) is 0 Å². The summed E-state index contributed by atoms with van der Waals surface area (Å²) in [5.41, 5.74) is 1.78. The number of hydrazone groups is 1. The van der Waals surface area contributed by atoms with Crippen molar-refractivity contribution < 1.29 is 0 Å². The summed E-state index contributed by atoms with van der Waals surface area (Å²) in [6, 6.07) is 4.04. The zero-order valence-corrected chi connectivity index (χ0v) is 10.2. The topological polar surface area (TPSA) is 28.0 Å². The molecule has 2 heterocycles. The molecule has 2 rings (SSSR count). The van der Waals surface area contributed by atoms with Gasteiger partial charge < -0.3 is 0 Å². The van der Waals surface area contributed by atoms with E-state index < -0.39 is 0 Å². The van der Waals surface area contributed by atoms with Crippen molar-refractivity contribution in [3.8, 4) is 0 Å². The van der Waals surface area contributed by atoms with Crippen LogP contribution >= 0.6 is 11.3 Å². The molecule has 0 unspecified atom stereocenters. The van der Waals surface area contributed by atoms with Crippen LogP contribution in [0.25, 0.3) is 0 Å². The number of nitrogens with zero attached hydrogens (tertiary/aromatic N) is 3. The average Bonchev–Trinajstić information content (AvgIpc) is 2.78. The van der Waals surface area contributed by atoms with Gasteiger partial charge in [-0.25, -0.2) is 5.01 Å². The Hall–Kier alpha value is -1.68. The fraction of sp³-hybridized carbons (Fsp3) is 0.167. The highest BCUT2D eigenvalue weighted by molar-refractivity contribution is 7.12. The van der Waals surface area contributed by atoms with Gasteiger partial charge in [-0.2, -0.15) is 5.10 Å². The number of hydrogen-bond donors (Lipinski definition) is 0. The molecule has 0 spiro atoms. The van der Waals surface area contributed by atoms with Gasteiger partial charge in [0, 0.05) is 7.05 Å². The summed E-state index contributed by atoms with van der Waals surface area (Å²) in [7, 11) is 1.77. The quantitative estimate of drug-likeness (QED) is 0.539. The Morgan fingerprint density at radius 2 is 2.31 bits per heavy atom. The molecule has 0 aromatic carbocycles. The largest absolute Gasteiger partial charge is 0.269 e. The molecule has 4 heteroatoms. The standard InChI is InChI=1S/C12H13N3S/c1-9-6-7-10(2)15(14-9)12(13-3)11-5-4-8-16-11/h4-8H,2H2,1,3H3. The molecule has 0 fully saturated rings. The van der Waals surface area contributed by atoms with Gasteiger partial charge in [-0.1, -0.05) is 12.6 Å². The van der Waals surface area contributed by atoms with Gasteiger partial charge in [-0.05, 0) is 30.5 Å². The number of hydrogen-bond acceptors (Lipinski definition) is 3. The minimum absolute atomic E-state index is 0.833. The maximum atomic E-state index is 4.43. The molecule has 16 heavy (non-hydrogen) atoms. The number of rotatable bonds is 1. The lowest BCUT2D eigenvalue weighted by Gasteiger charge is -2.23. The molecule has 0 saturated carbocycles. The van der Waals surface area contributed by atoms with Crippen LogP contribution < -0.4 is 0 Å². The van der Waals surface area contributed by atoms with Gasteiger partial charge in [0.1, 0.15) is 0 Å². The van der Waals surface area contributed by atoms with Crippen molar-refractivity contribution in [2.45, 2.75) is 6.92 Å². The number of aliphatic imine (C=N–C) groups is 1. The molecular weight excluding hydrogens is 218 g/mol. The van der Waals surface area contributed by atoms with E-state index >= 15 is 0 Å². The second kappa shape index (κ2) is 4.45. The first-order valence-electron chi connectivity index (χ1n) is 4.95. The lowest BCUT2D eigenvalue weighted by Crippen LogP contribution is -2.27. The first-order chi connectivity index (χ1) is 7.72. The summed E-state index contributed by atoms with van der Waals surface area (Å²) in [5.74, 6) is 0.837. The van der Waals surface area contributed by atoms with Gasteiger partial charge in [0.15, 0.2) is 5.84 Å². The van der Waals surface area contributed by atoms with Crippen molar-refractivity contribution in [2.75, 3.05) is 7.05 Å². The van der Waals surface area contributed by atoms with E-state index in [1.807, 2.05) is 36.6 Å². The highest BCUT2D eigenvalue weighted by Gasteiger charge is 2.17. The van der Waals surface area contributed by atoms with Crippen LogP contribution in [0.3, 0.4) is 0 Å². The van der Waals surface area contributed by atoms with Crippen LogP contribution in [0.4, 0.5) is 0 Å². The Labute approximate surface area is 99.1 Å². The van der Waals surface area contributed by atoms with Crippen molar-refractivity contribution >= 4 is 22.9 Å². The van der Waals surface area contributed by atoms with Gasteiger partial charge in [0.25, 0.3) is 0 Å². The Morgan fingerprint density at radius 1 is 1.50 bits per heavy atom. The van der Waals surface area contributed by atoms with E-state index in [9.17, 15) is 0 Å². The highest BCUT2D eigenvalue weighted by atomic mass is 32.1. The molecule has 0 aliphatic carbocycles. The third-order valence-electron chi connectivity index (χ3n) is 2.20. The molecule has 0 saturated heterocycles. The van der Waals surface area contributed by atoms with Crippen LogP contribution in [0.1, 0.15) is 11.8 Å². The number of thiophene rings is 1. The molecule has 0 atom stereocenters. The van der Waals surface area contributed by atoms with Gasteiger partial charge in [0.05, 0.1) is 16.3 Å². The maximum absolute atomic E-state index is 4.43. The van der Waals surface area contributed by atoms with Gasteiger partial charge >= 0.3 is 0 Å². The summed E-state index contributed by atoms with van der Waals surface area (Å²) < 4.78 is 0. The highest BCUT2D eigenvalue weighted by Crippen LogP contribution is 2.19. The SMILES string of the molecule is C=C1C=CC(C)=NN1C(=NC)c1cccs1. The summed E-state index contributed by atoms with van der Waals surface area (Å²) >= 11 is 1.65. The number of amidine groups is 1. The molecule has 0 bridgehead atoms. The Morgan fingerprint density at radius 3 is 2.94 bits per heavy atom. The monoisotopic (exact) mass is 231 g/mol. The molecule has 3 nitrogen and oxygen atoms in total. The molecule has 1 aromatic rings. The smallest absolute Gasteiger partial charge is 0.166 e. The van der Waals surface area contributed by atoms with Gasteiger partial charge in [0.2, 0.25) is 0 Å². The van der Waals surface area contributed by atoms with Crippen LogP contribution in [-0.4, -0.2) is 23.6 Å². The van der Waals surface area contributed by atoms with Crippen LogP contribution in [-0.2, 0) is 0 Å². The third-order valence-corrected chi connectivity index (χ3v) is 3.07. The molecule has 0 N–H and O–H groups in total. The number of allylic oxidation sites excluding steroid dienone is 2. The van der Waals surface area contributed by atoms with E-state index in [1.165, 1.54) is 0 Å². The summed E-state index contributed by atoms with van der Waals surface area (Å²) in [6.45, 7) is 5.92. The first kappa shape index (κ1) is 10.8. The molecule has 1 aromatic heterocycles. The lowest BCUT2D eigenvalue weighted by atomic mass is 10.3. The van der Waals surface area contributed by atoms with Crippen molar-refractivity contribution in [3.05, 3.63) is 46.8 Å². The molecule has 82 valence electrons. The van der Waals surface area contributed by atoms with E-state index in [4.69, 9.17) is 0 Å². The summed E-state index contributed by atoms with van der Waals surface area (Å²) in [4.78, 5) is 5.38. The minimum Gasteiger partial charge on any atom is -0.269 e. The Kier molecular flexibility index (Phi) is 3.01. The van der Waals surface area contributed by atoms with E-state index in [2.05, 4.69) is 16.7 Å². The van der Waals surface area contributed by atoms with Crippen molar-refractivity contribution in [1.82, 2.24) is 5.01 Å². The second-order valence-electron chi connectivity index (χ2n) is 3.40. The Balaban J connectivity index is 2.37. The van der Waals surface area contributed by atoms with E-state index in [1.54, 1.807) is 23.4 Å². The van der Waals surface area contributed by atoms with Crippen LogP contribution in [0.2, 0.25) is 0 Å². The zero-order chi connectivity index (χ0) is 11.5. The molecule has 0 radical (unpaired) electrons. The van der Waals surface area contributed by atoms with E-state index in [0.29, 0.717) is 0 Å². The summed E-state index contributed by atoms with van der Waals surface area (Å²) in [5, 5.41) is 8.24. The van der Waals surface area contributed by atoms with E-state index in [-0.39, 0.29) is 0 Å². The predicted octanol–water partition coefficient (Wildman–Crippen LogP) is 2.89.